The molecule has 0 saturated heterocycles. The molecule has 0 fully saturated rings. The van der Waals surface area contributed by atoms with Gasteiger partial charge >= 0.3 is 0 Å². The van der Waals surface area contributed by atoms with Crippen molar-refractivity contribution in [2.45, 2.75) is 13.0 Å². The van der Waals surface area contributed by atoms with Crippen LogP contribution in [0, 0.1) is 0 Å². The Morgan fingerprint density at radius 1 is 1.06 bits per heavy atom. The molecule has 2 aromatic carbocycles. The highest BCUT2D eigenvalue weighted by Crippen LogP contribution is 2.28. The number of ether oxygens (including phenoxy) is 1. The number of halogens is 2. The minimum atomic E-state index is -0.122. The van der Waals surface area contributed by atoms with Crippen molar-refractivity contribution >= 4 is 28.9 Å². The SMILES string of the molecule is CC(Oc1cc(Cl)cc(Cl)c1)c1cccc(N)c1. The second kappa shape index (κ2) is 5.51. The molecule has 0 amide bonds. The molecule has 0 heterocycles. The van der Waals surface area contributed by atoms with Gasteiger partial charge in [0.05, 0.1) is 0 Å². The standard InChI is InChI=1S/C14H13Cl2NO/c1-9(10-3-2-4-13(17)5-10)18-14-7-11(15)6-12(16)8-14/h2-9H,17H2,1H3. The van der Waals surface area contributed by atoms with Crippen molar-refractivity contribution in [1.29, 1.82) is 0 Å². The van der Waals surface area contributed by atoms with Gasteiger partial charge in [-0.1, -0.05) is 35.3 Å². The summed E-state index contributed by atoms with van der Waals surface area (Å²) in [6.07, 6.45) is -0.122. The Hall–Kier alpha value is -1.38. The first-order valence-corrected chi connectivity index (χ1v) is 6.28. The van der Waals surface area contributed by atoms with E-state index >= 15 is 0 Å². The molecule has 0 bridgehead atoms. The van der Waals surface area contributed by atoms with E-state index in [-0.39, 0.29) is 6.10 Å². The average molecular weight is 282 g/mol. The van der Waals surface area contributed by atoms with E-state index in [0.717, 1.165) is 5.56 Å². The number of benzene rings is 2. The topological polar surface area (TPSA) is 35.2 Å². The van der Waals surface area contributed by atoms with Gasteiger partial charge in [-0.3, -0.25) is 0 Å². The molecular formula is C14H13Cl2NO. The van der Waals surface area contributed by atoms with Gasteiger partial charge in [-0.05, 0) is 42.8 Å². The lowest BCUT2D eigenvalue weighted by Crippen LogP contribution is -2.03. The molecule has 94 valence electrons. The number of hydrogen-bond acceptors (Lipinski definition) is 2. The second-order valence-corrected chi connectivity index (χ2v) is 4.91. The van der Waals surface area contributed by atoms with Crippen molar-refractivity contribution in [3.05, 3.63) is 58.1 Å². The lowest BCUT2D eigenvalue weighted by molar-refractivity contribution is 0.227. The molecule has 0 spiro atoms. The quantitative estimate of drug-likeness (QED) is 0.827. The van der Waals surface area contributed by atoms with E-state index in [1.807, 2.05) is 31.2 Å². The van der Waals surface area contributed by atoms with Crippen LogP contribution in [0.25, 0.3) is 0 Å². The van der Waals surface area contributed by atoms with Crippen LogP contribution in [0.2, 0.25) is 10.0 Å². The Labute approximate surface area is 116 Å². The van der Waals surface area contributed by atoms with Crippen LogP contribution in [0.5, 0.6) is 5.75 Å². The molecular weight excluding hydrogens is 269 g/mol. The Morgan fingerprint density at radius 2 is 1.72 bits per heavy atom. The fourth-order valence-electron chi connectivity index (χ4n) is 1.68. The first-order chi connectivity index (χ1) is 8.54. The van der Waals surface area contributed by atoms with Crippen molar-refractivity contribution in [2.75, 3.05) is 5.73 Å². The predicted molar refractivity (Wildman–Crippen MR) is 76.4 cm³/mol. The summed E-state index contributed by atoms with van der Waals surface area (Å²) in [7, 11) is 0. The van der Waals surface area contributed by atoms with E-state index in [4.69, 9.17) is 33.7 Å². The van der Waals surface area contributed by atoms with E-state index in [9.17, 15) is 0 Å². The highest BCUT2D eigenvalue weighted by atomic mass is 35.5. The summed E-state index contributed by atoms with van der Waals surface area (Å²) >= 11 is 11.8. The maximum atomic E-state index is 5.92. The van der Waals surface area contributed by atoms with Gasteiger partial charge in [-0.2, -0.15) is 0 Å². The molecule has 0 aliphatic rings. The molecule has 0 radical (unpaired) electrons. The molecule has 4 heteroatoms. The number of hydrogen-bond donors (Lipinski definition) is 1. The zero-order chi connectivity index (χ0) is 13.1. The van der Waals surface area contributed by atoms with Gasteiger partial charge in [0.2, 0.25) is 0 Å². The summed E-state index contributed by atoms with van der Waals surface area (Å²) in [6.45, 7) is 1.95. The van der Waals surface area contributed by atoms with E-state index in [1.54, 1.807) is 18.2 Å². The molecule has 0 saturated carbocycles. The van der Waals surface area contributed by atoms with Crippen molar-refractivity contribution in [2.24, 2.45) is 0 Å². The van der Waals surface area contributed by atoms with Gasteiger partial charge in [0, 0.05) is 15.7 Å². The average Bonchev–Trinajstić information content (AvgIpc) is 2.27. The maximum absolute atomic E-state index is 5.92. The smallest absolute Gasteiger partial charge is 0.123 e. The fraction of sp³-hybridized carbons (Fsp3) is 0.143. The lowest BCUT2D eigenvalue weighted by Gasteiger charge is -2.16. The van der Waals surface area contributed by atoms with Gasteiger partial charge in [-0.15, -0.1) is 0 Å². The summed E-state index contributed by atoms with van der Waals surface area (Å²) in [5.74, 6) is 0.641. The van der Waals surface area contributed by atoms with Gasteiger partial charge in [0.25, 0.3) is 0 Å². The second-order valence-electron chi connectivity index (χ2n) is 4.04. The summed E-state index contributed by atoms with van der Waals surface area (Å²) < 4.78 is 5.79. The maximum Gasteiger partial charge on any atom is 0.123 e. The minimum absolute atomic E-state index is 0.122. The van der Waals surface area contributed by atoms with Crippen molar-refractivity contribution in [3.63, 3.8) is 0 Å². The predicted octanol–water partition coefficient (Wildman–Crippen LogP) is 4.72. The number of nitrogens with two attached hydrogens (primary N) is 1. The fourth-order valence-corrected chi connectivity index (χ4v) is 2.19. The van der Waals surface area contributed by atoms with Crippen molar-refractivity contribution in [3.8, 4) is 5.75 Å². The van der Waals surface area contributed by atoms with E-state index in [1.165, 1.54) is 0 Å². The summed E-state index contributed by atoms with van der Waals surface area (Å²) in [5, 5.41) is 1.11. The molecule has 0 aromatic heterocycles. The van der Waals surface area contributed by atoms with Crippen LogP contribution in [-0.4, -0.2) is 0 Å². The molecule has 2 rings (SSSR count). The molecule has 2 aromatic rings. The van der Waals surface area contributed by atoms with Crippen LogP contribution < -0.4 is 10.5 Å². The molecule has 0 aliphatic carbocycles. The van der Waals surface area contributed by atoms with Crippen LogP contribution in [0.3, 0.4) is 0 Å². The largest absolute Gasteiger partial charge is 0.486 e. The van der Waals surface area contributed by atoms with Crippen LogP contribution >= 0.6 is 23.2 Å². The normalized spacial score (nSPS) is 12.2. The number of anilines is 1. The van der Waals surface area contributed by atoms with Crippen molar-refractivity contribution in [1.82, 2.24) is 0 Å². The number of rotatable bonds is 3. The first-order valence-electron chi connectivity index (χ1n) is 5.53. The zero-order valence-corrected chi connectivity index (χ0v) is 11.4. The first kappa shape index (κ1) is 13.1. The van der Waals surface area contributed by atoms with E-state index < -0.39 is 0 Å². The van der Waals surface area contributed by atoms with E-state index in [2.05, 4.69) is 0 Å². The van der Waals surface area contributed by atoms with Crippen LogP contribution in [0.4, 0.5) is 5.69 Å². The molecule has 2 N–H and O–H groups in total. The Kier molecular flexibility index (Phi) is 4.00. The third-order valence-corrected chi connectivity index (χ3v) is 2.97. The molecule has 18 heavy (non-hydrogen) atoms. The zero-order valence-electron chi connectivity index (χ0n) is 9.86. The summed E-state index contributed by atoms with van der Waals surface area (Å²) in [4.78, 5) is 0. The Balaban J connectivity index is 2.18. The van der Waals surface area contributed by atoms with Gasteiger partial charge in [0.15, 0.2) is 0 Å². The van der Waals surface area contributed by atoms with E-state index in [0.29, 0.717) is 21.5 Å². The Morgan fingerprint density at radius 3 is 2.33 bits per heavy atom. The van der Waals surface area contributed by atoms with Gasteiger partial charge < -0.3 is 10.5 Å². The Bertz CT molecular complexity index is 537. The third-order valence-electron chi connectivity index (χ3n) is 2.53. The van der Waals surface area contributed by atoms with Crippen LogP contribution in [0.15, 0.2) is 42.5 Å². The van der Waals surface area contributed by atoms with Crippen molar-refractivity contribution < 1.29 is 4.74 Å². The highest BCUT2D eigenvalue weighted by Gasteiger charge is 2.08. The van der Waals surface area contributed by atoms with Crippen LogP contribution in [0.1, 0.15) is 18.6 Å². The monoisotopic (exact) mass is 281 g/mol. The lowest BCUT2D eigenvalue weighted by atomic mass is 10.1. The summed E-state index contributed by atoms with van der Waals surface area (Å²) in [6, 6.07) is 12.7. The third kappa shape index (κ3) is 3.31. The van der Waals surface area contributed by atoms with Crippen LogP contribution in [-0.2, 0) is 0 Å². The van der Waals surface area contributed by atoms with Gasteiger partial charge in [-0.25, -0.2) is 0 Å². The summed E-state index contributed by atoms with van der Waals surface area (Å²) in [5.41, 5.74) is 7.46. The minimum Gasteiger partial charge on any atom is -0.486 e. The molecule has 0 aliphatic heterocycles. The molecule has 2 nitrogen and oxygen atoms in total. The highest BCUT2D eigenvalue weighted by molar-refractivity contribution is 6.34. The number of nitrogen functional groups attached to an aromatic ring is 1. The molecule has 1 unspecified atom stereocenters. The molecule has 1 atom stereocenters. The van der Waals surface area contributed by atoms with Gasteiger partial charge in [0.1, 0.15) is 11.9 Å².